The summed E-state index contributed by atoms with van der Waals surface area (Å²) in [7, 11) is 0. The van der Waals surface area contributed by atoms with Crippen molar-refractivity contribution in [3.8, 4) is 0 Å². The third-order valence-electron chi connectivity index (χ3n) is 3.52. The molecule has 3 rings (SSSR count). The van der Waals surface area contributed by atoms with Crippen LogP contribution in [-0.4, -0.2) is 30.2 Å². The van der Waals surface area contributed by atoms with Crippen LogP contribution in [0.25, 0.3) is 0 Å². The molecule has 1 unspecified atom stereocenters. The lowest BCUT2D eigenvalue weighted by atomic mass is 9.97. The molecular formula is C13H17NO3S. The first-order chi connectivity index (χ1) is 8.81. The van der Waals surface area contributed by atoms with Crippen LogP contribution >= 0.6 is 11.5 Å². The molecule has 2 heterocycles. The topological polar surface area (TPSA) is 48.4 Å². The van der Waals surface area contributed by atoms with E-state index >= 15 is 0 Å². The summed E-state index contributed by atoms with van der Waals surface area (Å²) in [6, 6.07) is 0. The summed E-state index contributed by atoms with van der Waals surface area (Å²) in [6.07, 6.45) is 3.36. The van der Waals surface area contributed by atoms with E-state index < -0.39 is 0 Å². The second-order valence-electron chi connectivity index (χ2n) is 4.87. The first-order valence-electron chi connectivity index (χ1n) is 6.55. The molecule has 18 heavy (non-hydrogen) atoms. The highest BCUT2D eigenvalue weighted by atomic mass is 32.1. The monoisotopic (exact) mass is 267 g/mol. The van der Waals surface area contributed by atoms with Crippen molar-refractivity contribution < 1.29 is 14.3 Å². The summed E-state index contributed by atoms with van der Waals surface area (Å²) in [5.74, 6) is 0.695. The van der Waals surface area contributed by atoms with E-state index in [9.17, 15) is 4.79 Å². The molecule has 1 aromatic heterocycles. The van der Waals surface area contributed by atoms with Gasteiger partial charge in [-0.2, -0.15) is 4.37 Å². The highest BCUT2D eigenvalue weighted by Crippen LogP contribution is 2.47. The summed E-state index contributed by atoms with van der Waals surface area (Å²) in [5, 5.41) is 0. The van der Waals surface area contributed by atoms with Crippen LogP contribution in [-0.2, 0) is 9.47 Å². The molecule has 0 aromatic carbocycles. The highest BCUT2D eigenvalue weighted by molar-refractivity contribution is 7.08. The Labute approximate surface area is 110 Å². The van der Waals surface area contributed by atoms with Crippen LogP contribution in [0.1, 0.15) is 59.0 Å². The van der Waals surface area contributed by atoms with Gasteiger partial charge in [0.2, 0.25) is 0 Å². The quantitative estimate of drug-likeness (QED) is 0.787. The Morgan fingerprint density at radius 1 is 1.44 bits per heavy atom. The SMILES string of the molecule is CCOC(=O)c1snc(C2CCOC2)c1C1CC1. The largest absolute Gasteiger partial charge is 0.462 e. The minimum atomic E-state index is -0.206. The lowest BCUT2D eigenvalue weighted by molar-refractivity contribution is 0.0530. The Morgan fingerprint density at radius 3 is 2.89 bits per heavy atom. The van der Waals surface area contributed by atoms with Gasteiger partial charge < -0.3 is 9.47 Å². The summed E-state index contributed by atoms with van der Waals surface area (Å²) in [5.41, 5.74) is 2.26. The van der Waals surface area contributed by atoms with Crippen molar-refractivity contribution in [2.75, 3.05) is 19.8 Å². The number of hydrogen-bond donors (Lipinski definition) is 0. The Morgan fingerprint density at radius 2 is 2.28 bits per heavy atom. The zero-order valence-electron chi connectivity index (χ0n) is 10.5. The molecule has 2 fully saturated rings. The number of rotatable bonds is 4. The van der Waals surface area contributed by atoms with E-state index in [0.717, 1.165) is 35.8 Å². The first-order valence-corrected chi connectivity index (χ1v) is 7.33. The number of carbonyl (C=O) groups is 1. The molecule has 98 valence electrons. The summed E-state index contributed by atoms with van der Waals surface area (Å²) < 4.78 is 15.1. The van der Waals surface area contributed by atoms with E-state index in [-0.39, 0.29) is 5.97 Å². The molecule has 5 heteroatoms. The number of aromatic nitrogens is 1. The molecule has 0 bridgehead atoms. The van der Waals surface area contributed by atoms with E-state index in [1.54, 1.807) is 0 Å². The second kappa shape index (κ2) is 4.97. The fourth-order valence-electron chi connectivity index (χ4n) is 2.46. The van der Waals surface area contributed by atoms with E-state index in [1.807, 2.05) is 6.92 Å². The Kier molecular flexibility index (Phi) is 3.35. The standard InChI is InChI=1S/C13H17NO3S/c1-2-17-13(15)12-10(8-3-4-8)11(14-18-12)9-5-6-16-7-9/h8-9H,2-7H2,1H3. The number of ether oxygens (including phenoxy) is 2. The maximum absolute atomic E-state index is 11.9. The highest BCUT2D eigenvalue weighted by Gasteiger charge is 2.36. The van der Waals surface area contributed by atoms with Crippen molar-refractivity contribution >= 4 is 17.5 Å². The van der Waals surface area contributed by atoms with Gasteiger partial charge in [-0.05, 0) is 43.6 Å². The number of esters is 1. The van der Waals surface area contributed by atoms with E-state index in [4.69, 9.17) is 9.47 Å². The predicted molar refractivity (Wildman–Crippen MR) is 68.2 cm³/mol. The minimum Gasteiger partial charge on any atom is -0.462 e. The van der Waals surface area contributed by atoms with Gasteiger partial charge in [-0.25, -0.2) is 4.79 Å². The molecule has 1 atom stereocenters. The van der Waals surface area contributed by atoms with Gasteiger partial charge in [0, 0.05) is 18.1 Å². The Balaban J connectivity index is 1.92. The van der Waals surface area contributed by atoms with E-state index in [1.165, 1.54) is 24.4 Å². The predicted octanol–water partition coefficient (Wildman–Crippen LogP) is 2.70. The summed E-state index contributed by atoms with van der Waals surface area (Å²) in [4.78, 5) is 12.7. The second-order valence-corrected chi connectivity index (χ2v) is 5.64. The zero-order valence-corrected chi connectivity index (χ0v) is 11.3. The van der Waals surface area contributed by atoms with Gasteiger partial charge in [-0.1, -0.05) is 0 Å². The van der Waals surface area contributed by atoms with Gasteiger partial charge in [-0.3, -0.25) is 0 Å². The van der Waals surface area contributed by atoms with Crippen molar-refractivity contribution in [3.63, 3.8) is 0 Å². The van der Waals surface area contributed by atoms with Crippen LogP contribution < -0.4 is 0 Å². The molecule has 1 saturated carbocycles. The summed E-state index contributed by atoms with van der Waals surface area (Å²) in [6.45, 7) is 3.80. The molecular weight excluding hydrogens is 250 g/mol. The lowest BCUT2D eigenvalue weighted by Gasteiger charge is -2.08. The van der Waals surface area contributed by atoms with Crippen molar-refractivity contribution in [2.24, 2.45) is 0 Å². The van der Waals surface area contributed by atoms with Crippen LogP contribution in [0.2, 0.25) is 0 Å². The molecule has 0 N–H and O–H groups in total. The Hall–Kier alpha value is -0.940. The normalized spacial score (nSPS) is 23.3. The smallest absolute Gasteiger partial charge is 0.350 e. The van der Waals surface area contributed by atoms with Crippen molar-refractivity contribution in [1.29, 1.82) is 0 Å². The van der Waals surface area contributed by atoms with Crippen LogP contribution in [0.3, 0.4) is 0 Å². The maximum atomic E-state index is 11.9. The van der Waals surface area contributed by atoms with Crippen LogP contribution in [0.5, 0.6) is 0 Å². The minimum absolute atomic E-state index is 0.206. The number of hydrogen-bond acceptors (Lipinski definition) is 5. The molecule has 2 aliphatic rings. The van der Waals surface area contributed by atoms with Crippen molar-refractivity contribution in [1.82, 2.24) is 4.37 Å². The van der Waals surface area contributed by atoms with Gasteiger partial charge in [0.1, 0.15) is 4.88 Å². The van der Waals surface area contributed by atoms with Crippen LogP contribution in [0.4, 0.5) is 0 Å². The average Bonchev–Trinajstić information content (AvgIpc) is 2.92. The average molecular weight is 267 g/mol. The molecule has 1 aliphatic heterocycles. The molecule has 0 radical (unpaired) electrons. The Bertz CT molecular complexity index is 447. The van der Waals surface area contributed by atoms with E-state index in [2.05, 4.69) is 4.37 Å². The lowest BCUT2D eigenvalue weighted by Crippen LogP contribution is -2.07. The number of carbonyl (C=O) groups excluding carboxylic acids is 1. The van der Waals surface area contributed by atoms with Crippen LogP contribution in [0.15, 0.2) is 0 Å². The van der Waals surface area contributed by atoms with Crippen molar-refractivity contribution in [2.45, 2.75) is 38.0 Å². The first kappa shape index (κ1) is 12.1. The zero-order chi connectivity index (χ0) is 12.5. The molecule has 4 nitrogen and oxygen atoms in total. The van der Waals surface area contributed by atoms with E-state index in [0.29, 0.717) is 18.4 Å². The number of nitrogens with zero attached hydrogens (tertiary/aromatic N) is 1. The van der Waals surface area contributed by atoms with Gasteiger partial charge in [0.25, 0.3) is 0 Å². The van der Waals surface area contributed by atoms with Crippen LogP contribution in [0, 0.1) is 0 Å². The fourth-order valence-corrected chi connectivity index (χ4v) is 3.40. The summed E-state index contributed by atoms with van der Waals surface area (Å²) >= 11 is 1.30. The maximum Gasteiger partial charge on any atom is 0.350 e. The fraction of sp³-hybridized carbons (Fsp3) is 0.692. The van der Waals surface area contributed by atoms with Gasteiger partial charge in [-0.15, -0.1) is 0 Å². The molecule has 1 aliphatic carbocycles. The van der Waals surface area contributed by atoms with Crippen molar-refractivity contribution in [3.05, 3.63) is 16.1 Å². The molecule has 0 amide bonds. The van der Waals surface area contributed by atoms with Gasteiger partial charge in [0.15, 0.2) is 0 Å². The third kappa shape index (κ3) is 2.17. The third-order valence-corrected chi connectivity index (χ3v) is 4.38. The molecule has 1 saturated heterocycles. The molecule has 0 spiro atoms. The van der Waals surface area contributed by atoms with Gasteiger partial charge in [0.05, 0.1) is 18.9 Å². The molecule has 1 aromatic rings. The van der Waals surface area contributed by atoms with Gasteiger partial charge >= 0.3 is 5.97 Å².